The van der Waals surface area contributed by atoms with Crippen molar-refractivity contribution in [3.05, 3.63) is 64.7 Å². The first-order valence-corrected chi connectivity index (χ1v) is 10.5. The van der Waals surface area contributed by atoms with Gasteiger partial charge in [0.15, 0.2) is 0 Å². The Kier molecular flexibility index (Phi) is 5.61. The summed E-state index contributed by atoms with van der Waals surface area (Å²) in [6.45, 7) is 5.57. The van der Waals surface area contributed by atoms with E-state index < -0.39 is 0 Å². The summed E-state index contributed by atoms with van der Waals surface area (Å²) in [6.07, 6.45) is 2.74. The summed E-state index contributed by atoms with van der Waals surface area (Å²) >= 11 is 5.99. The zero-order valence-electron chi connectivity index (χ0n) is 16.4. The summed E-state index contributed by atoms with van der Waals surface area (Å²) in [7, 11) is 0. The van der Waals surface area contributed by atoms with Crippen molar-refractivity contribution in [2.45, 2.75) is 32.2 Å². The molecule has 2 fully saturated rings. The highest BCUT2D eigenvalue weighted by Crippen LogP contribution is 2.30. The van der Waals surface area contributed by atoms with Gasteiger partial charge in [0.05, 0.1) is 5.41 Å². The number of amides is 1. The normalized spacial score (nSPS) is 19.1. The lowest BCUT2D eigenvalue weighted by Crippen LogP contribution is -2.64. The van der Waals surface area contributed by atoms with Crippen molar-refractivity contribution in [3.8, 4) is 0 Å². The fourth-order valence-corrected chi connectivity index (χ4v) is 4.36. The molecule has 0 bridgehead atoms. The van der Waals surface area contributed by atoms with Crippen LogP contribution in [-0.4, -0.2) is 38.1 Å². The van der Waals surface area contributed by atoms with E-state index in [1.807, 2.05) is 24.3 Å². The number of piperidine rings is 1. The number of nitrogens with zero attached hydrogens (tertiary/aromatic N) is 1. The van der Waals surface area contributed by atoms with Gasteiger partial charge >= 0.3 is 0 Å². The average molecular weight is 398 g/mol. The third-order valence-electron chi connectivity index (χ3n) is 6.06. The van der Waals surface area contributed by atoms with E-state index in [4.69, 9.17) is 11.6 Å². The van der Waals surface area contributed by atoms with Crippen LogP contribution >= 0.6 is 11.6 Å². The van der Waals surface area contributed by atoms with Crippen molar-refractivity contribution in [1.29, 1.82) is 0 Å². The standard InChI is InChI=1S/C23H28ClN3O/c1-17-3-2-4-21(13-17)27-11-9-20(10-12-27)26-22(28)23(15-25-16-23)14-18-5-7-19(24)8-6-18/h2-8,13,20,25H,9-12,14-16H2,1H3,(H,26,28). The van der Waals surface area contributed by atoms with Gasteiger partial charge in [-0.05, 0) is 61.6 Å². The maximum absolute atomic E-state index is 13.1. The van der Waals surface area contributed by atoms with Gasteiger partial charge in [-0.25, -0.2) is 0 Å². The van der Waals surface area contributed by atoms with Crippen LogP contribution in [0.25, 0.3) is 0 Å². The van der Waals surface area contributed by atoms with Gasteiger partial charge in [-0.1, -0.05) is 35.9 Å². The summed E-state index contributed by atoms with van der Waals surface area (Å²) in [5, 5.41) is 7.37. The molecule has 0 saturated carbocycles. The van der Waals surface area contributed by atoms with E-state index in [-0.39, 0.29) is 17.4 Å². The molecule has 4 rings (SSSR count). The van der Waals surface area contributed by atoms with Crippen LogP contribution in [-0.2, 0) is 11.2 Å². The zero-order chi connectivity index (χ0) is 19.6. The van der Waals surface area contributed by atoms with Crippen LogP contribution < -0.4 is 15.5 Å². The summed E-state index contributed by atoms with van der Waals surface area (Å²) in [6, 6.07) is 16.8. The zero-order valence-corrected chi connectivity index (χ0v) is 17.1. The summed E-state index contributed by atoms with van der Waals surface area (Å²) in [5.41, 5.74) is 3.40. The van der Waals surface area contributed by atoms with Gasteiger partial charge in [0, 0.05) is 42.9 Å². The highest BCUT2D eigenvalue weighted by Gasteiger charge is 2.44. The number of benzene rings is 2. The molecular weight excluding hydrogens is 370 g/mol. The Bertz CT molecular complexity index is 824. The van der Waals surface area contributed by atoms with Crippen molar-refractivity contribution in [3.63, 3.8) is 0 Å². The smallest absolute Gasteiger partial charge is 0.229 e. The third kappa shape index (κ3) is 4.18. The molecule has 5 heteroatoms. The number of aryl methyl sites for hydroxylation is 1. The summed E-state index contributed by atoms with van der Waals surface area (Å²) in [5.74, 6) is 0.190. The number of hydrogen-bond donors (Lipinski definition) is 2. The van der Waals surface area contributed by atoms with Crippen molar-refractivity contribution >= 4 is 23.2 Å². The topological polar surface area (TPSA) is 44.4 Å². The number of halogens is 1. The fraction of sp³-hybridized carbons (Fsp3) is 0.435. The maximum atomic E-state index is 13.1. The van der Waals surface area contributed by atoms with E-state index in [1.54, 1.807) is 0 Å². The molecule has 0 radical (unpaired) electrons. The largest absolute Gasteiger partial charge is 0.371 e. The van der Waals surface area contributed by atoms with E-state index in [1.165, 1.54) is 11.3 Å². The molecule has 0 unspecified atom stereocenters. The summed E-state index contributed by atoms with van der Waals surface area (Å²) < 4.78 is 0. The molecule has 2 saturated heterocycles. The Hall–Kier alpha value is -2.04. The lowest BCUT2D eigenvalue weighted by atomic mass is 9.75. The van der Waals surface area contributed by atoms with Gasteiger partial charge in [0.1, 0.15) is 0 Å². The molecule has 2 heterocycles. The molecule has 0 atom stereocenters. The molecule has 2 aromatic carbocycles. The van der Waals surface area contributed by atoms with E-state index >= 15 is 0 Å². The minimum Gasteiger partial charge on any atom is -0.371 e. The van der Waals surface area contributed by atoms with Crippen LogP contribution in [0.4, 0.5) is 5.69 Å². The first kappa shape index (κ1) is 19.3. The molecule has 2 N–H and O–H groups in total. The Labute approximate surface area is 172 Å². The fourth-order valence-electron chi connectivity index (χ4n) is 4.23. The number of anilines is 1. The highest BCUT2D eigenvalue weighted by molar-refractivity contribution is 6.30. The van der Waals surface area contributed by atoms with Gasteiger partial charge in [0.2, 0.25) is 5.91 Å². The molecule has 28 heavy (non-hydrogen) atoms. The van der Waals surface area contributed by atoms with Crippen molar-refractivity contribution < 1.29 is 4.79 Å². The number of hydrogen-bond acceptors (Lipinski definition) is 3. The molecule has 0 aromatic heterocycles. The van der Waals surface area contributed by atoms with Gasteiger partial charge in [-0.2, -0.15) is 0 Å². The predicted octanol–water partition coefficient (Wildman–Crippen LogP) is 3.57. The number of rotatable bonds is 5. The second-order valence-electron chi connectivity index (χ2n) is 8.26. The quantitative estimate of drug-likeness (QED) is 0.810. The van der Waals surface area contributed by atoms with E-state index in [0.717, 1.165) is 56.0 Å². The van der Waals surface area contributed by atoms with Gasteiger partial charge in [-0.3, -0.25) is 4.79 Å². The minimum absolute atomic E-state index is 0.190. The Balaban J connectivity index is 1.34. The van der Waals surface area contributed by atoms with Crippen LogP contribution in [0.15, 0.2) is 48.5 Å². The highest BCUT2D eigenvalue weighted by atomic mass is 35.5. The first-order chi connectivity index (χ1) is 13.5. The maximum Gasteiger partial charge on any atom is 0.229 e. The Morgan fingerprint density at radius 1 is 1.18 bits per heavy atom. The van der Waals surface area contributed by atoms with Crippen molar-refractivity contribution in [2.75, 3.05) is 31.1 Å². The molecule has 2 aliphatic rings. The first-order valence-electron chi connectivity index (χ1n) is 10.1. The Morgan fingerprint density at radius 3 is 2.50 bits per heavy atom. The van der Waals surface area contributed by atoms with Crippen LogP contribution in [0.2, 0.25) is 5.02 Å². The second-order valence-corrected chi connectivity index (χ2v) is 8.70. The summed E-state index contributed by atoms with van der Waals surface area (Å²) in [4.78, 5) is 15.5. The monoisotopic (exact) mass is 397 g/mol. The lowest BCUT2D eigenvalue weighted by Gasteiger charge is -2.43. The molecule has 1 amide bonds. The number of nitrogens with one attached hydrogen (secondary N) is 2. The van der Waals surface area contributed by atoms with Gasteiger partial charge in [-0.15, -0.1) is 0 Å². The second kappa shape index (κ2) is 8.14. The number of carbonyl (C=O) groups is 1. The van der Waals surface area contributed by atoms with Crippen molar-refractivity contribution in [1.82, 2.24) is 10.6 Å². The molecule has 2 aromatic rings. The van der Waals surface area contributed by atoms with Gasteiger partial charge in [0.25, 0.3) is 0 Å². The van der Waals surface area contributed by atoms with Crippen LogP contribution in [0.3, 0.4) is 0 Å². The molecular formula is C23H28ClN3O. The lowest BCUT2D eigenvalue weighted by molar-refractivity contribution is -0.134. The predicted molar refractivity (Wildman–Crippen MR) is 115 cm³/mol. The van der Waals surface area contributed by atoms with Gasteiger partial charge < -0.3 is 15.5 Å². The molecule has 148 valence electrons. The minimum atomic E-state index is -0.332. The van der Waals surface area contributed by atoms with E-state index in [9.17, 15) is 4.79 Å². The molecule has 0 spiro atoms. The average Bonchev–Trinajstić information content (AvgIpc) is 2.66. The van der Waals surface area contributed by atoms with Crippen molar-refractivity contribution in [2.24, 2.45) is 5.41 Å². The van der Waals surface area contributed by atoms with Crippen LogP contribution in [0.1, 0.15) is 24.0 Å². The third-order valence-corrected chi connectivity index (χ3v) is 6.31. The van der Waals surface area contributed by atoms with E-state index in [2.05, 4.69) is 46.7 Å². The SMILES string of the molecule is Cc1cccc(N2CCC(NC(=O)C3(Cc4ccc(Cl)cc4)CNC3)CC2)c1. The van der Waals surface area contributed by atoms with Crippen LogP contribution in [0.5, 0.6) is 0 Å². The molecule has 2 aliphatic heterocycles. The Morgan fingerprint density at radius 2 is 1.89 bits per heavy atom. The number of carbonyl (C=O) groups excluding carboxylic acids is 1. The van der Waals surface area contributed by atoms with Crippen LogP contribution in [0, 0.1) is 12.3 Å². The molecule has 4 nitrogen and oxygen atoms in total. The molecule has 0 aliphatic carbocycles. The van der Waals surface area contributed by atoms with E-state index in [0.29, 0.717) is 0 Å².